The molecule has 2 rings (SSSR count). The Kier molecular flexibility index (Phi) is 6.29. The van der Waals surface area contributed by atoms with Gasteiger partial charge in [-0.3, -0.25) is 0 Å². The largest absolute Gasteiger partial charge is 0.486 e. The third-order valence-corrected chi connectivity index (χ3v) is 3.67. The van der Waals surface area contributed by atoms with Crippen LogP contribution in [0.3, 0.4) is 0 Å². The van der Waals surface area contributed by atoms with Crippen molar-refractivity contribution in [1.82, 2.24) is 5.32 Å². The van der Waals surface area contributed by atoms with Crippen LogP contribution < -0.4 is 14.8 Å². The Morgan fingerprint density at radius 1 is 1.33 bits per heavy atom. The second kappa shape index (κ2) is 8.22. The van der Waals surface area contributed by atoms with Gasteiger partial charge in [0.2, 0.25) is 0 Å². The molecule has 0 fully saturated rings. The number of para-hydroxylation sites is 2. The van der Waals surface area contributed by atoms with E-state index in [1.807, 2.05) is 31.2 Å². The maximum atomic E-state index is 10.4. The van der Waals surface area contributed by atoms with Crippen LogP contribution in [0.4, 0.5) is 0 Å². The number of methoxy groups -OCH3 is 1. The van der Waals surface area contributed by atoms with Crippen molar-refractivity contribution in [2.75, 3.05) is 26.9 Å². The molecule has 118 valence electrons. The van der Waals surface area contributed by atoms with Crippen molar-refractivity contribution in [3.8, 4) is 11.5 Å². The number of fused-ring (bicyclic) bond motifs is 1. The third-order valence-electron chi connectivity index (χ3n) is 3.67. The molecule has 1 aliphatic heterocycles. The van der Waals surface area contributed by atoms with E-state index in [2.05, 4.69) is 5.32 Å². The predicted molar refractivity (Wildman–Crippen MR) is 80.9 cm³/mol. The first-order valence-corrected chi connectivity index (χ1v) is 7.51. The van der Waals surface area contributed by atoms with Gasteiger partial charge in [-0.15, -0.1) is 0 Å². The van der Waals surface area contributed by atoms with Crippen molar-refractivity contribution >= 4 is 0 Å². The van der Waals surface area contributed by atoms with E-state index in [4.69, 9.17) is 14.2 Å². The van der Waals surface area contributed by atoms with Gasteiger partial charge in [0, 0.05) is 19.8 Å². The van der Waals surface area contributed by atoms with Gasteiger partial charge in [-0.2, -0.15) is 0 Å². The lowest BCUT2D eigenvalue weighted by atomic mass is 10.1. The van der Waals surface area contributed by atoms with Gasteiger partial charge in [-0.05, 0) is 38.4 Å². The highest BCUT2D eigenvalue weighted by molar-refractivity contribution is 5.40. The van der Waals surface area contributed by atoms with Crippen LogP contribution in [-0.4, -0.2) is 50.2 Å². The molecule has 0 radical (unpaired) electrons. The molecule has 0 saturated carbocycles. The fraction of sp³-hybridized carbons (Fsp3) is 0.625. The molecule has 1 heterocycles. The summed E-state index contributed by atoms with van der Waals surface area (Å²) in [7, 11) is 1.71. The first-order valence-electron chi connectivity index (χ1n) is 7.51. The smallest absolute Gasteiger partial charge is 0.161 e. The average molecular weight is 295 g/mol. The summed E-state index contributed by atoms with van der Waals surface area (Å²) in [6.45, 7) is 3.96. The second-order valence-electron chi connectivity index (χ2n) is 5.35. The highest BCUT2D eigenvalue weighted by atomic mass is 16.6. The standard InChI is InChI=1S/C16H25NO4/c1-12(17-9-5-6-10-19-2)16(18)15-11-20-13-7-3-4-8-14(13)21-15/h3-4,7-8,12,15-18H,5-6,9-11H2,1-2H3. The number of unbranched alkanes of at least 4 members (excludes halogenated alkanes) is 1. The maximum Gasteiger partial charge on any atom is 0.161 e. The van der Waals surface area contributed by atoms with Crippen molar-refractivity contribution in [2.24, 2.45) is 0 Å². The van der Waals surface area contributed by atoms with E-state index in [-0.39, 0.29) is 12.1 Å². The van der Waals surface area contributed by atoms with E-state index >= 15 is 0 Å². The molecule has 0 saturated heterocycles. The molecule has 1 aromatic rings. The molecule has 0 aromatic heterocycles. The van der Waals surface area contributed by atoms with Crippen molar-refractivity contribution in [3.63, 3.8) is 0 Å². The molecular weight excluding hydrogens is 270 g/mol. The van der Waals surface area contributed by atoms with Gasteiger partial charge in [0.15, 0.2) is 17.6 Å². The van der Waals surface area contributed by atoms with E-state index in [1.165, 1.54) is 0 Å². The van der Waals surface area contributed by atoms with Gasteiger partial charge in [0.05, 0.1) is 0 Å². The zero-order valence-corrected chi connectivity index (χ0v) is 12.7. The summed E-state index contributed by atoms with van der Waals surface area (Å²) < 4.78 is 16.5. The molecule has 3 unspecified atom stereocenters. The van der Waals surface area contributed by atoms with Crippen molar-refractivity contribution in [2.45, 2.75) is 38.0 Å². The molecule has 5 nitrogen and oxygen atoms in total. The number of aliphatic hydroxyl groups is 1. The van der Waals surface area contributed by atoms with Gasteiger partial charge in [-0.25, -0.2) is 0 Å². The number of aliphatic hydroxyl groups excluding tert-OH is 1. The monoisotopic (exact) mass is 295 g/mol. The Hall–Kier alpha value is -1.30. The van der Waals surface area contributed by atoms with Gasteiger partial charge in [0.25, 0.3) is 0 Å². The topological polar surface area (TPSA) is 60.0 Å². The molecule has 2 N–H and O–H groups in total. The fourth-order valence-corrected chi connectivity index (χ4v) is 2.35. The van der Waals surface area contributed by atoms with E-state index < -0.39 is 6.10 Å². The van der Waals surface area contributed by atoms with E-state index in [0.29, 0.717) is 12.4 Å². The molecule has 1 aromatic carbocycles. The van der Waals surface area contributed by atoms with Crippen molar-refractivity contribution in [3.05, 3.63) is 24.3 Å². The van der Waals surface area contributed by atoms with Crippen LogP contribution in [0.25, 0.3) is 0 Å². The number of nitrogens with one attached hydrogen (secondary N) is 1. The highest BCUT2D eigenvalue weighted by Gasteiger charge is 2.30. The molecule has 1 aliphatic rings. The van der Waals surface area contributed by atoms with Crippen LogP contribution in [0, 0.1) is 0 Å². The lowest BCUT2D eigenvalue weighted by Crippen LogP contribution is -2.50. The quantitative estimate of drug-likeness (QED) is 0.713. The number of ether oxygens (including phenoxy) is 3. The number of hydrogen-bond donors (Lipinski definition) is 2. The molecule has 0 aliphatic carbocycles. The minimum atomic E-state index is -0.610. The Morgan fingerprint density at radius 2 is 2.10 bits per heavy atom. The zero-order chi connectivity index (χ0) is 15.1. The van der Waals surface area contributed by atoms with Gasteiger partial charge >= 0.3 is 0 Å². The number of rotatable bonds is 8. The Labute approximate surface area is 126 Å². The van der Waals surface area contributed by atoms with Gasteiger partial charge < -0.3 is 24.6 Å². The lowest BCUT2D eigenvalue weighted by Gasteiger charge is -2.32. The number of benzene rings is 1. The van der Waals surface area contributed by atoms with Crippen molar-refractivity contribution in [1.29, 1.82) is 0 Å². The highest BCUT2D eigenvalue weighted by Crippen LogP contribution is 2.31. The minimum Gasteiger partial charge on any atom is -0.486 e. The summed E-state index contributed by atoms with van der Waals surface area (Å²) >= 11 is 0. The normalized spacial score (nSPS) is 20.0. The summed E-state index contributed by atoms with van der Waals surface area (Å²) in [6, 6.07) is 7.48. The first-order chi connectivity index (χ1) is 10.2. The number of hydrogen-bond acceptors (Lipinski definition) is 5. The summed E-state index contributed by atoms with van der Waals surface area (Å²) in [5.41, 5.74) is 0. The molecule has 0 bridgehead atoms. The lowest BCUT2D eigenvalue weighted by molar-refractivity contribution is -0.0247. The van der Waals surface area contributed by atoms with Crippen LogP contribution in [0.5, 0.6) is 11.5 Å². The SMILES string of the molecule is COCCCCNC(C)C(O)C1COc2ccccc2O1. The van der Waals surface area contributed by atoms with Crippen LogP contribution >= 0.6 is 0 Å². The van der Waals surface area contributed by atoms with Crippen LogP contribution in [0.2, 0.25) is 0 Å². The minimum absolute atomic E-state index is 0.0496. The average Bonchev–Trinajstić information content (AvgIpc) is 2.53. The third kappa shape index (κ3) is 4.59. The summed E-state index contributed by atoms with van der Waals surface area (Å²) in [5.74, 6) is 1.43. The Bertz CT molecular complexity index is 426. The molecule has 5 heteroatoms. The van der Waals surface area contributed by atoms with Gasteiger partial charge in [0.1, 0.15) is 12.7 Å². The second-order valence-corrected chi connectivity index (χ2v) is 5.35. The molecule has 0 amide bonds. The molecule has 0 spiro atoms. The molecule has 21 heavy (non-hydrogen) atoms. The summed E-state index contributed by atoms with van der Waals surface area (Å²) in [6.07, 6.45) is 1.08. The van der Waals surface area contributed by atoms with Crippen molar-refractivity contribution < 1.29 is 19.3 Å². The van der Waals surface area contributed by atoms with E-state index in [1.54, 1.807) is 7.11 Å². The zero-order valence-electron chi connectivity index (χ0n) is 12.7. The predicted octanol–water partition coefficient (Wildman–Crippen LogP) is 1.59. The van der Waals surface area contributed by atoms with Crippen LogP contribution in [0.1, 0.15) is 19.8 Å². The first kappa shape index (κ1) is 16.1. The maximum absolute atomic E-state index is 10.4. The van der Waals surface area contributed by atoms with E-state index in [9.17, 15) is 5.11 Å². The Morgan fingerprint density at radius 3 is 2.86 bits per heavy atom. The fourth-order valence-electron chi connectivity index (χ4n) is 2.35. The van der Waals surface area contributed by atoms with Crippen LogP contribution in [0.15, 0.2) is 24.3 Å². The van der Waals surface area contributed by atoms with E-state index in [0.717, 1.165) is 31.7 Å². The summed E-state index contributed by atoms with van der Waals surface area (Å²) in [5, 5.41) is 13.7. The molecular formula is C16H25NO4. The van der Waals surface area contributed by atoms with Gasteiger partial charge in [-0.1, -0.05) is 12.1 Å². The Balaban J connectivity index is 1.77. The molecule has 3 atom stereocenters. The summed E-state index contributed by atoms with van der Waals surface area (Å²) in [4.78, 5) is 0. The van der Waals surface area contributed by atoms with Crippen LogP contribution in [-0.2, 0) is 4.74 Å².